The van der Waals surface area contributed by atoms with Crippen molar-refractivity contribution in [1.82, 2.24) is 9.88 Å². The second-order valence-corrected chi connectivity index (χ2v) is 10.4. The molecule has 9 heteroatoms. The van der Waals surface area contributed by atoms with Crippen molar-refractivity contribution in [2.24, 2.45) is 0 Å². The third kappa shape index (κ3) is 5.71. The number of hydrogen-bond donors (Lipinski definition) is 0. The van der Waals surface area contributed by atoms with Gasteiger partial charge >= 0.3 is 0 Å². The van der Waals surface area contributed by atoms with Gasteiger partial charge in [0.05, 0.1) is 35.1 Å². The van der Waals surface area contributed by atoms with Crippen LogP contribution in [0.15, 0.2) is 46.0 Å². The van der Waals surface area contributed by atoms with E-state index in [0.717, 1.165) is 70.5 Å². The van der Waals surface area contributed by atoms with Crippen molar-refractivity contribution in [1.29, 1.82) is 0 Å². The Morgan fingerprint density at radius 2 is 2.00 bits per heavy atom. The normalized spacial score (nSPS) is 14.4. The summed E-state index contributed by atoms with van der Waals surface area (Å²) < 4.78 is 11.8. The number of thiophene rings is 1. The Hall–Kier alpha value is -1.91. The summed E-state index contributed by atoms with van der Waals surface area (Å²) in [6, 6.07) is 11.8. The van der Waals surface area contributed by atoms with Gasteiger partial charge in [-0.15, -0.1) is 34.4 Å². The minimum absolute atomic E-state index is 0.0212. The number of carbonyl (C=O) groups is 1. The molecule has 1 saturated heterocycles. The molecule has 0 spiro atoms. The summed E-state index contributed by atoms with van der Waals surface area (Å²) in [5.41, 5.74) is 1.88. The third-order valence-corrected chi connectivity index (χ3v) is 8.33. The molecule has 0 atom stereocenters. The fraction of sp³-hybridized carbons (Fsp3) is 0.391. The van der Waals surface area contributed by atoms with E-state index in [-0.39, 0.29) is 5.91 Å². The van der Waals surface area contributed by atoms with Gasteiger partial charge in [0.1, 0.15) is 5.75 Å². The molecule has 6 nitrogen and oxygen atoms in total. The molecule has 0 saturated carbocycles. The molecule has 1 fully saturated rings. The van der Waals surface area contributed by atoms with Gasteiger partial charge in [0.25, 0.3) is 5.91 Å². The van der Waals surface area contributed by atoms with Crippen LogP contribution in [0, 0.1) is 0 Å². The summed E-state index contributed by atoms with van der Waals surface area (Å²) in [7, 11) is 1.66. The molecule has 170 valence electrons. The van der Waals surface area contributed by atoms with Gasteiger partial charge in [-0.3, -0.25) is 14.6 Å². The molecule has 1 amide bonds. The Balaban J connectivity index is 1.52. The molecule has 32 heavy (non-hydrogen) atoms. The van der Waals surface area contributed by atoms with E-state index in [1.807, 2.05) is 52.9 Å². The Labute approximate surface area is 201 Å². The topological polar surface area (TPSA) is 54.9 Å². The molecule has 0 bridgehead atoms. The van der Waals surface area contributed by atoms with Crippen molar-refractivity contribution >= 4 is 45.5 Å². The minimum Gasteiger partial charge on any atom is -0.497 e. The number of methoxy groups -OCH3 is 1. The van der Waals surface area contributed by atoms with Crippen LogP contribution in [0.4, 0.5) is 5.13 Å². The van der Waals surface area contributed by atoms with Crippen LogP contribution in [0.2, 0.25) is 0 Å². The van der Waals surface area contributed by atoms with Gasteiger partial charge in [-0.1, -0.05) is 0 Å². The van der Waals surface area contributed by atoms with Crippen LogP contribution in [-0.2, 0) is 4.74 Å². The van der Waals surface area contributed by atoms with Crippen LogP contribution in [0.25, 0.3) is 11.3 Å². The standard InChI is InChI=1S/C23H27N3O3S3/c1-28-18-6-4-17(5-7-18)19-16-31-23(24-19)26(11-3-10-25-12-14-29-15-13-25)22(27)20-8-9-21(30-2)32-20/h4-9,16H,3,10-15H2,1-2H3. The van der Waals surface area contributed by atoms with Crippen molar-refractivity contribution in [3.8, 4) is 17.0 Å². The van der Waals surface area contributed by atoms with Gasteiger partial charge in [0, 0.05) is 37.1 Å². The minimum atomic E-state index is 0.0212. The van der Waals surface area contributed by atoms with E-state index in [9.17, 15) is 4.79 Å². The molecular weight excluding hydrogens is 462 g/mol. The van der Waals surface area contributed by atoms with E-state index in [1.165, 1.54) is 11.3 Å². The zero-order chi connectivity index (χ0) is 22.3. The van der Waals surface area contributed by atoms with Crippen LogP contribution in [0.5, 0.6) is 5.75 Å². The molecule has 1 aromatic carbocycles. The van der Waals surface area contributed by atoms with E-state index in [0.29, 0.717) is 6.54 Å². The molecule has 3 heterocycles. The van der Waals surface area contributed by atoms with Gasteiger partial charge in [-0.25, -0.2) is 4.98 Å². The van der Waals surface area contributed by atoms with Crippen LogP contribution >= 0.6 is 34.4 Å². The first-order valence-electron chi connectivity index (χ1n) is 10.5. The lowest BCUT2D eigenvalue weighted by Crippen LogP contribution is -2.39. The molecule has 4 rings (SSSR count). The SMILES string of the molecule is COc1ccc(-c2csc(N(CCCN3CCOCC3)C(=O)c3ccc(SC)s3)n2)cc1. The average Bonchev–Trinajstić information content (AvgIpc) is 3.52. The second kappa shape index (κ2) is 11.3. The highest BCUT2D eigenvalue weighted by molar-refractivity contribution is 8.00. The summed E-state index contributed by atoms with van der Waals surface area (Å²) in [6.07, 6.45) is 2.92. The maximum atomic E-state index is 13.4. The smallest absolute Gasteiger partial charge is 0.270 e. The summed E-state index contributed by atoms with van der Waals surface area (Å²) in [4.78, 5) is 23.2. The maximum Gasteiger partial charge on any atom is 0.270 e. The van der Waals surface area contributed by atoms with Crippen LogP contribution in [-0.4, -0.2) is 68.5 Å². The highest BCUT2D eigenvalue weighted by Crippen LogP contribution is 2.32. The fourth-order valence-electron chi connectivity index (χ4n) is 3.52. The first-order chi connectivity index (χ1) is 15.7. The Bertz CT molecular complexity index is 1010. The number of rotatable bonds is 9. The molecule has 0 unspecified atom stereocenters. The van der Waals surface area contributed by atoms with E-state index in [2.05, 4.69) is 4.90 Å². The zero-order valence-corrected chi connectivity index (χ0v) is 20.7. The molecule has 3 aromatic rings. The lowest BCUT2D eigenvalue weighted by molar-refractivity contribution is 0.0376. The number of amides is 1. The number of thiazole rings is 1. The quantitative estimate of drug-likeness (QED) is 0.396. The second-order valence-electron chi connectivity index (χ2n) is 7.33. The number of ether oxygens (including phenoxy) is 2. The summed E-state index contributed by atoms with van der Waals surface area (Å²) in [6.45, 7) is 5.06. The van der Waals surface area contributed by atoms with E-state index in [1.54, 1.807) is 30.2 Å². The van der Waals surface area contributed by atoms with Gasteiger partial charge < -0.3 is 9.47 Å². The fourth-order valence-corrected chi connectivity index (χ4v) is 5.87. The summed E-state index contributed by atoms with van der Waals surface area (Å²) in [5, 5.41) is 2.75. The number of benzene rings is 1. The van der Waals surface area contributed by atoms with Crippen LogP contribution in [0.1, 0.15) is 16.1 Å². The number of carbonyl (C=O) groups excluding carboxylic acids is 1. The highest BCUT2D eigenvalue weighted by atomic mass is 32.2. The van der Waals surface area contributed by atoms with E-state index in [4.69, 9.17) is 14.5 Å². The number of thioether (sulfide) groups is 1. The summed E-state index contributed by atoms with van der Waals surface area (Å²) >= 11 is 4.71. The van der Waals surface area contributed by atoms with Crippen molar-refractivity contribution in [3.05, 3.63) is 46.7 Å². The van der Waals surface area contributed by atoms with E-state index >= 15 is 0 Å². The van der Waals surface area contributed by atoms with Crippen molar-refractivity contribution in [3.63, 3.8) is 0 Å². The average molecular weight is 490 g/mol. The predicted octanol–water partition coefficient (Wildman–Crippen LogP) is 4.97. The molecule has 0 aliphatic carbocycles. The van der Waals surface area contributed by atoms with Crippen LogP contribution in [0.3, 0.4) is 0 Å². The Morgan fingerprint density at radius 1 is 1.22 bits per heavy atom. The van der Waals surface area contributed by atoms with Gasteiger partial charge in [-0.05, 0) is 49.1 Å². The van der Waals surface area contributed by atoms with Crippen molar-refractivity contribution < 1.29 is 14.3 Å². The van der Waals surface area contributed by atoms with Crippen molar-refractivity contribution in [2.45, 2.75) is 10.6 Å². The molecule has 1 aliphatic heterocycles. The molecule has 1 aliphatic rings. The summed E-state index contributed by atoms with van der Waals surface area (Å²) in [5.74, 6) is 0.833. The van der Waals surface area contributed by atoms with Gasteiger partial charge in [0.2, 0.25) is 0 Å². The number of hydrogen-bond acceptors (Lipinski definition) is 8. The molecule has 2 aromatic heterocycles. The lowest BCUT2D eigenvalue weighted by Gasteiger charge is -2.27. The van der Waals surface area contributed by atoms with E-state index < -0.39 is 0 Å². The van der Waals surface area contributed by atoms with Gasteiger partial charge in [-0.2, -0.15) is 0 Å². The first kappa shape index (κ1) is 23.3. The Kier molecular flexibility index (Phi) is 8.20. The number of anilines is 1. The lowest BCUT2D eigenvalue weighted by atomic mass is 10.2. The Morgan fingerprint density at radius 3 is 2.69 bits per heavy atom. The predicted molar refractivity (Wildman–Crippen MR) is 134 cm³/mol. The van der Waals surface area contributed by atoms with Crippen molar-refractivity contribution in [2.75, 3.05) is 57.7 Å². The largest absolute Gasteiger partial charge is 0.497 e. The number of morpholine rings is 1. The number of nitrogens with zero attached hydrogens (tertiary/aromatic N) is 3. The first-order valence-corrected chi connectivity index (χ1v) is 13.5. The monoisotopic (exact) mass is 489 g/mol. The number of aromatic nitrogens is 1. The molecule has 0 N–H and O–H groups in total. The third-order valence-electron chi connectivity index (χ3n) is 5.31. The molecule has 0 radical (unpaired) electrons. The maximum absolute atomic E-state index is 13.4. The molecular formula is C23H27N3O3S3. The zero-order valence-electron chi connectivity index (χ0n) is 18.3. The highest BCUT2D eigenvalue weighted by Gasteiger charge is 2.23. The van der Waals surface area contributed by atoms with Crippen LogP contribution < -0.4 is 9.64 Å². The van der Waals surface area contributed by atoms with Gasteiger partial charge in [0.15, 0.2) is 5.13 Å².